The standard InChI is InChI=1S/C23H24O8/c1-10(24)30-13-7-22(2)12(5-6-14(22)25)16-18(13)23(3)15(9-28-4)31-21(27)11-8-29-20(17(11)23)19(16)26/h8,12-13,15H,5-7,9H2,1-4H3/t12?,13-,15?,22+,23+/m1/s1. The number of cyclic esters (lactones) is 1. The minimum atomic E-state index is -0.988. The van der Waals surface area contributed by atoms with Crippen LogP contribution in [-0.4, -0.2) is 49.4 Å². The van der Waals surface area contributed by atoms with E-state index in [0.717, 1.165) is 0 Å². The number of hydrogen-bond donors (Lipinski definition) is 0. The molecule has 0 spiro atoms. The fraction of sp³-hybridized carbons (Fsp3) is 0.565. The Hall–Kier alpha value is -2.74. The molecule has 2 unspecified atom stereocenters. The predicted octanol–water partition coefficient (Wildman–Crippen LogP) is 2.54. The van der Waals surface area contributed by atoms with Crippen LogP contribution in [0.25, 0.3) is 0 Å². The number of furan rings is 1. The normalized spacial score (nSPS) is 36.0. The number of carbonyl (C=O) groups excluding carboxylic acids is 4. The smallest absolute Gasteiger partial charge is 0.342 e. The molecule has 8 heteroatoms. The highest BCUT2D eigenvalue weighted by atomic mass is 16.6. The molecule has 0 saturated heterocycles. The molecule has 0 N–H and O–H groups in total. The van der Waals surface area contributed by atoms with Gasteiger partial charge < -0.3 is 18.6 Å². The summed E-state index contributed by atoms with van der Waals surface area (Å²) in [6.45, 7) is 5.11. The van der Waals surface area contributed by atoms with Gasteiger partial charge in [-0.25, -0.2) is 4.79 Å². The zero-order valence-corrected chi connectivity index (χ0v) is 17.9. The Bertz CT molecular complexity index is 1080. The van der Waals surface area contributed by atoms with Crippen molar-refractivity contribution in [2.75, 3.05) is 13.7 Å². The van der Waals surface area contributed by atoms with E-state index in [1.165, 1.54) is 20.3 Å². The molecule has 1 aliphatic heterocycles. The van der Waals surface area contributed by atoms with Gasteiger partial charge in [0, 0.05) is 49.3 Å². The number of fused-ring (bicyclic) bond motifs is 3. The molecular weight excluding hydrogens is 404 g/mol. The summed E-state index contributed by atoms with van der Waals surface area (Å²) < 4.78 is 22.4. The van der Waals surface area contributed by atoms with Gasteiger partial charge in [0.2, 0.25) is 5.78 Å². The summed E-state index contributed by atoms with van der Waals surface area (Å²) in [5.74, 6) is -1.58. The molecule has 0 radical (unpaired) electrons. The molecule has 31 heavy (non-hydrogen) atoms. The topological polar surface area (TPSA) is 109 Å². The molecule has 0 aromatic carbocycles. The molecule has 0 amide bonds. The zero-order valence-electron chi connectivity index (χ0n) is 17.9. The number of allylic oxidation sites excluding steroid dienone is 1. The van der Waals surface area contributed by atoms with Crippen LogP contribution in [0.1, 0.15) is 66.5 Å². The quantitative estimate of drug-likeness (QED) is 0.676. The summed E-state index contributed by atoms with van der Waals surface area (Å²) in [6, 6.07) is 0. The van der Waals surface area contributed by atoms with E-state index in [0.29, 0.717) is 29.6 Å². The number of ketones is 2. The fourth-order valence-electron chi connectivity index (χ4n) is 6.28. The monoisotopic (exact) mass is 428 g/mol. The molecule has 1 saturated carbocycles. The number of ether oxygens (including phenoxy) is 3. The Labute approximate surface area is 178 Å². The maximum atomic E-state index is 13.7. The summed E-state index contributed by atoms with van der Waals surface area (Å²) >= 11 is 0. The lowest BCUT2D eigenvalue weighted by atomic mass is 9.54. The van der Waals surface area contributed by atoms with Crippen molar-refractivity contribution in [2.45, 2.75) is 57.7 Å². The van der Waals surface area contributed by atoms with Gasteiger partial charge in [-0.1, -0.05) is 6.92 Å². The second-order valence-corrected chi connectivity index (χ2v) is 9.30. The van der Waals surface area contributed by atoms with E-state index in [2.05, 4.69) is 0 Å². The molecule has 1 fully saturated rings. The number of methoxy groups -OCH3 is 1. The lowest BCUT2D eigenvalue weighted by Gasteiger charge is -2.51. The van der Waals surface area contributed by atoms with Crippen molar-refractivity contribution < 1.29 is 37.8 Å². The number of carbonyl (C=O) groups is 4. The van der Waals surface area contributed by atoms with E-state index >= 15 is 0 Å². The van der Waals surface area contributed by atoms with Crippen LogP contribution in [-0.2, 0) is 29.2 Å². The van der Waals surface area contributed by atoms with Gasteiger partial charge in [-0.05, 0) is 18.9 Å². The lowest BCUT2D eigenvalue weighted by molar-refractivity contribution is -0.149. The second kappa shape index (κ2) is 6.38. The molecule has 8 nitrogen and oxygen atoms in total. The maximum absolute atomic E-state index is 13.7. The summed E-state index contributed by atoms with van der Waals surface area (Å²) in [5, 5.41) is 0. The molecule has 2 heterocycles. The predicted molar refractivity (Wildman–Crippen MR) is 105 cm³/mol. The van der Waals surface area contributed by atoms with Gasteiger partial charge in [0.1, 0.15) is 29.8 Å². The maximum Gasteiger partial charge on any atom is 0.342 e. The molecule has 1 aromatic rings. The van der Waals surface area contributed by atoms with Gasteiger partial charge in [0.15, 0.2) is 5.76 Å². The highest BCUT2D eigenvalue weighted by Gasteiger charge is 2.64. The third-order valence-electron chi connectivity index (χ3n) is 7.70. The van der Waals surface area contributed by atoms with Crippen LogP contribution in [0.2, 0.25) is 0 Å². The Morgan fingerprint density at radius 2 is 2.00 bits per heavy atom. The van der Waals surface area contributed by atoms with Crippen LogP contribution in [0, 0.1) is 11.3 Å². The summed E-state index contributed by atoms with van der Waals surface area (Å²) in [6.07, 6.45) is 0.906. The van der Waals surface area contributed by atoms with Crippen molar-refractivity contribution >= 4 is 23.5 Å². The third-order valence-corrected chi connectivity index (χ3v) is 7.70. The number of esters is 2. The van der Waals surface area contributed by atoms with Crippen molar-refractivity contribution in [2.24, 2.45) is 11.3 Å². The fourth-order valence-corrected chi connectivity index (χ4v) is 6.28. The Balaban J connectivity index is 1.82. The van der Waals surface area contributed by atoms with E-state index < -0.39 is 35.0 Å². The summed E-state index contributed by atoms with van der Waals surface area (Å²) in [5.41, 5.74) is -0.0741. The molecule has 4 aliphatic rings. The van der Waals surface area contributed by atoms with Crippen molar-refractivity contribution in [1.82, 2.24) is 0 Å². The number of rotatable bonds is 3. The Kier molecular flexibility index (Phi) is 4.16. The van der Waals surface area contributed by atoms with Crippen molar-refractivity contribution in [3.63, 3.8) is 0 Å². The first-order valence-electron chi connectivity index (χ1n) is 10.5. The zero-order chi connectivity index (χ0) is 22.3. The molecule has 1 aromatic heterocycles. The second-order valence-electron chi connectivity index (χ2n) is 9.30. The number of hydrogen-bond acceptors (Lipinski definition) is 8. The molecule has 164 valence electrons. The summed E-state index contributed by atoms with van der Waals surface area (Å²) in [4.78, 5) is 51.2. The van der Waals surface area contributed by atoms with E-state index in [1.54, 1.807) is 0 Å². The Morgan fingerprint density at radius 3 is 2.68 bits per heavy atom. The largest absolute Gasteiger partial charge is 0.460 e. The first kappa shape index (κ1) is 20.2. The summed E-state index contributed by atoms with van der Waals surface area (Å²) in [7, 11) is 1.50. The van der Waals surface area contributed by atoms with Gasteiger partial charge in [0.25, 0.3) is 0 Å². The van der Waals surface area contributed by atoms with Crippen molar-refractivity contribution in [1.29, 1.82) is 0 Å². The highest BCUT2D eigenvalue weighted by Crippen LogP contribution is 2.61. The molecule has 0 bridgehead atoms. The average molecular weight is 428 g/mol. The van der Waals surface area contributed by atoms with Gasteiger partial charge in [0.05, 0.1) is 12.0 Å². The van der Waals surface area contributed by atoms with Crippen LogP contribution in [0.5, 0.6) is 0 Å². The average Bonchev–Trinajstić information content (AvgIpc) is 3.27. The minimum Gasteiger partial charge on any atom is -0.460 e. The van der Waals surface area contributed by atoms with Crippen LogP contribution in [0.3, 0.4) is 0 Å². The highest BCUT2D eigenvalue weighted by molar-refractivity contribution is 6.14. The Morgan fingerprint density at radius 1 is 1.26 bits per heavy atom. The third kappa shape index (κ3) is 2.39. The first-order valence-corrected chi connectivity index (χ1v) is 10.5. The number of Topliss-reactive ketones (excluding diaryl/α,β-unsaturated/α-hetero) is 2. The van der Waals surface area contributed by atoms with Gasteiger partial charge in [-0.2, -0.15) is 0 Å². The van der Waals surface area contributed by atoms with E-state index in [1.807, 2.05) is 13.8 Å². The van der Waals surface area contributed by atoms with Crippen LogP contribution in [0.4, 0.5) is 0 Å². The van der Waals surface area contributed by atoms with Gasteiger partial charge in [-0.15, -0.1) is 0 Å². The van der Waals surface area contributed by atoms with Crippen molar-refractivity contribution in [3.05, 3.63) is 34.3 Å². The van der Waals surface area contributed by atoms with Crippen molar-refractivity contribution in [3.8, 4) is 0 Å². The SMILES string of the molecule is COCC1OC(=O)c2coc3c2[C@@]1(C)C1=C(C3=O)C2CCC(=O)[C@@]2(C)C[C@H]1OC(C)=O. The van der Waals surface area contributed by atoms with Crippen LogP contribution in [0.15, 0.2) is 21.8 Å². The van der Waals surface area contributed by atoms with Crippen LogP contribution >= 0.6 is 0 Å². The molecule has 3 aliphatic carbocycles. The van der Waals surface area contributed by atoms with E-state index in [9.17, 15) is 19.2 Å². The van der Waals surface area contributed by atoms with Gasteiger partial charge >= 0.3 is 11.9 Å². The molecule has 5 atom stereocenters. The first-order chi connectivity index (χ1) is 14.6. The van der Waals surface area contributed by atoms with E-state index in [-0.39, 0.29) is 41.8 Å². The van der Waals surface area contributed by atoms with E-state index in [4.69, 9.17) is 18.6 Å². The van der Waals surface area contributed by atoms with Gasteiger partial charge in [-0.3, -0.25) is 14.4 Å². The molecule has 5 rings (SSSR count). The van der Waals surface area contributed by atoms with Crippen LogP contribution < -0.4 is 0 Å². The minimum absolute atomic E-state index is 0.0635. The molecular formula is C23H24O8. The lowest BCUT2D eigenvalue weighted by Crippen LogP contribution is -2.57.